The van der Waals surface area contributed by atoms with E-state index in [0.717, 1.165) is 25.9 Å². The van der Waals surface area contributed by atoms with Crippen LogP contribution < -0.4 is 4.74 Å². The van der Waals surface area contributed by atoms with E-state index in [2.05, 4.69) is 0 Å². The Morgan fingerprint density at radius 2 is 1.95 bits per heavy atom. The fraction of sp³-hybridized carbons (Fsp3) is 0.467. The first-order valence-corrected chi connectivity index (χ1v) is 6.79. The van der Waals surface area contributed by atoms with E-state index >= 15 is 0 Å². The Kier molecular flexibility index (Phi) is 4.27. The van der Waals surface area contributed by atoms with Gasteiger partial charge in [-0.2, -0.15) is 0 Å². The Hall–Kier alpha value is -2.04. The molecule has 1 heterocycles. The van der Waals surface area contributed by atoms with Gasteiger partial charge in [0.2, 0.25) is 0 Å². The van der Waals surface area contributed by atoms with Crippen LogP contribution in [0, 0.1) is 6.92 Å². The van der Waals surface area contributed by atoms with Crippen molar-refractivity contribution in [2.75, 3.05) is 13.1 Å². The van der Waals surface area contributed by atoms with Gasteiger partial charge in [0.15, 0.2) is 6.10 Å². The third-order valence-corrected chi connectivity index (χ3v) is 3.50. The summed E-state index contributed by atoms with van der Waals surface area (Å²) in [5.41, 5.74) is 0.803. The van der Waals surface area contributed by atoms with E-state index in [4.69, 9.17) is 4.74 Å². The van der Waals surface area contributed by atoms with Crippen molar-refractivity contribution in [3.05, 3.63) is 29.3 Å². The van der Waals surface area contributed by atoms with Crippen LogP contribution in [0.1, 0.15) is 35.7 Å². The van der Waals surface area contributed by atoms with E-state index in [1.807, 2.05) is 0 Å². The number of aryl methyl sites for hydroxylation is 1. The number of rotatable bonds is 4. The van der Waals surface area contributed by atoms with Gasteiger partial charge in [-0.1, -0.05) is 12.1 Å². The average molecular weight is 277 g/mol. The number of benzene rings is 1. The number of hydrogen-bond donors (Lipinski definition) is 1. The zero-order valence-electron chi connectivity index (χ0n) is 11.8. The van der Waals surface area contributed by atoms with Crippen molar-refractivity contribution in [2.24, 2.45) is 0 Å². The summed E-state index contributed by atoms with van der Waals surface area (Å²) in [5, 5.41) is 9.18. The molecule has 1 aliphatic rings. The molecule has 5 heteroatoms. The topological polar surface area (TPSA) is 66.8 Å². The second-order valence-corrected chi connectivity index (χ2v) is 5.05. The Morgan fingerprint density at radius 3 is 2.55 bits per heavy atom. The summed E-state index contributed by atoms with van der Waals surface area (Å²) < 4.78 is 5.64. The third kappa shape index (κ3) is 2.92. The predicted molar refractivity (Wildman–Crippen MR) is 74.0 cm³/mol. The average Bonchev–Trinajstić information content (AvgIpc) is 2.93. The number of carbonyl (C=O) groups is 2. The van der Waals surface area contributed by atoms with Gasteiger partial charge in [-0.15, -0.1) is 0 Å². The maximum absolute atomic E-state index is 12.2. The minimum Gasteiger partial charge on any atom is -0.480 e. The lowest BCUT2D eigenvalue weighted by Crippen LogP contribution is -2.38. The van der Waals surface area contributed by atoms with E-state index in [-0.39, 0.29) is 17.2 Å². The molecular formula is C15H19NO4. The van der Waals surface area contributed by atoms with Gasteiger partial charge in [-0.05, 0) is 38.3 Å². The van der Waals surface area contributed by atoms with Crippen LogP contribution in [-0.2, 0) is 4.79 Å². The maximum atomic E-state index is 12.2. The normalized spacial score (nSPS) is 16.0. The Morgan fingerprint density at radius 1 is 1.30 bits per heavy atom. The van der Waals surface area contributed by atoms with Gasteiger partial charge in [-0.3, -0.25) is 4.79 Å². The van der Waals surface area contributed by atoms with Gasteiger partial charge in [0.25, 0.3) is 5.91 Å². The van der Waals surface area contributed by atoms with Gasteiger partial charge in [0, 0.05) is 13.1 Å². The molecule has 1 saturated heterocycles. The molecule has 2 rings (SSSR count). The SMILES string of the molecule is Cc1cccc(C(=O)O)c1OC(C)C(=O)N1CCCC1. The van der Waals surface area contributed by atoms with Crippen LogP contribution in [-0.4, -0.2) is 41.1 Å². The number of carbonyl (C=O) groups excluding carboxylic acids is 1. The Labute approximate surface area is 118 Å². The molecule has 1 aliphatic heterocycles. The number of ether oxygens (including phenoxy) is 1. The standard InChI is InChI=1S/C15H19NO4/c1-10-6-5-7-12(15(18)19)13(10)20-11(2)14(17)16-8-3-4-9-16/h5-7,11H,3-4,8-9H2,1-2H3,(H,18,19). The lowest BCUT2D eigenvalue weighted by atomic mass is 10.1. The van der Waals surface area contributed by atoms with E-state index < -0.39 is 12.1 Å². The molecule has 20 heavy (non-hydrogen) atoms. The van der Waals surface area contributed by atoms with Gasteiger partial charge >= 0.3 is 5.97 Å². The summed E-state index contributed by atoms with van der Waals surface area (Å²) in [6.45, 7) is 4.95. The fourth-order valence-electron chi connectivity index (χ4n) is 2.40. The van der Waals surface area contributed by atoms with E-state index in [9.17, 15) is 14.7 Å². The van der Waals surface area contributed by atoms with Gasteiger partial charge in [-0.25, -0.2) is 4.79 Å². The highest BCUT2D eigenvalue weighted by atomic mass is 16.5. The minimum absolute atomic E-state index is 0.0814. The molecule has 1 aromatic carbocycles. The molecule has 0 aromatic heterocycles. The number of aromatic carboxylic acids is 1. The van der Waals surface area contributed by atoms with Crippen molar-refractivity contribution in [2.45, 2.75) is 32.8 Å². The van der Waals surface area contributed by atoms with Crippen molar-refractivity contribution in [3.63, 3.8) is 0 Å². The van der Waals surface area contributed by atoms with Crippen LogP contribution in [0.15, 0.2) is 18.2 Å². The van der Waals surface area contributed by atoms with Crippen LogP contribution in [0.5, 0.6) is 5.75 Å². The molecule has 1 fully saturated rings. The summed E-state index contributed by atoms with van der Waals surface area (Å²) in [6.07, 6.45) is 1.36. The zero-order valence-corrected chi connectivity index (χ0v) is 11.8. The second-order valence-electron chi connectivity index (χ2n) is 5.05. The lowest BCUT2D eigenvalue weighted by molar-refractivity contribution is -0.136. The first-order valence-electron chi connectivity index (χ1n) is 6.79. The molecule has 0 spiro atoms. The molecule has 1 N–H and O–H groups in total. The summed E-state index contributed by atoms with van der Waals surface area (Å²) in [6, 6.07) is 4.92. The van der Waals surface area contributed by atoms with Crippen LogP contribution in [0.4, 0.5) is 0 Å². The number of hydrogen-bond acceptors (Lipinski definition) is 3. The molecular weight excluding hydrogens is 258 g/mol. The maximum Gasteiger partial charge on any atom is 0.339 e. The Bertz CT molecular complexity index is 521. The fourth-order valence-corrected chi connectivity index (χ4v) is 2.40. The van der Waals surface area contributed by atoms with Crippen LogP contribution in [0.3, 0.4) is 0 Å². The van der Waals surface area contributed by atoms with Crippen molar-refractivity contribution < 1.29 is 19.4 Å². The van der Waals surface area contributed by atoms with Crippen molar-refractivity contribution in [1.82, 2.24) is 4.90 Å². The number of carboxylic acids is 1. The Balaban J connectivity index is 2.16. The van der Waals surface area contributed by atoms with Crippen molar-refractivity contribution >= 4 is 11.9 Å². The molecule has 0 radical (unpaired) electrons. The van der Waals surface area contributed by atoms with E-state index in [1.54, 1.807) is 30.9 Å². The smallest absolute Gasteiger partial charge is 0.339 e. The number of amides is 1. The third-order valence-electron chi connectivity index (χ3n) is 3.50. The molecule has 5 nitrogen and oxygen atoms in total. The van der Waals surface area contributed by atoms with Crippen LogP contribution in [0.25, 0.3) is 0 Å². The number of para-hydroxylation sites is 1. The lowest BCUT2D eigenvalue weighted by Gasteiger charge is -2.22. The summed E-state index contributed by atoms with van der Waals surface area (Å²) in [7, 11) is 0. The predicted octanol–water partition coefficient (Wildman–Crippen LogP) is 2.08. The van der Waals surface area contributed by atoms with Crippen LogP contribution >= 0.6 is 0 Å². The summed E-state index contributed by atoms with van der Waals surface area (Å²) >= 11 is 0. The summed E-state index contributed by atoms with van der Waals surface area (Å²) in [4.78, 5) is 25.2. The molecule has 108 valence electrons. The molecule has 1 unspecified atom stereocenters. The first-order chi connectivity index (χ1) is 9.50. The number of carboxylic acid groups (broad SMARTS) is 1. The van der Waals surface area contributed by atoms with E-state index in [1.165, 1.54) is 6.07 Å². The van der Waals surface area contributed by atoms with Gasteiger partial charge in [0.1, 0.15) is 11.3 Å². The molecule has 0 bridgehead atoms. The quantitative estimate of drug-likeness (QED) is 0.915. The first kappa shape index (κ1) is 14.4. The molecule has 1 atom stereocenters. The summed E-state index contributed by atoms with van der Waals surface area (Å²) in [5.74, 6) is -0.855. The van der Waals surface area contributed by atoms with Crippen LogP contribution in [0.2, 0.25) is 0 Å². The minimum atomic E-state index is -1.05. The second kappa shape index (κ2) is 5.94. The molecule has 1 aromatic rings. The molecule has 1 amide bonds. The largest absolute Gasteiger partial charge is 0.480 e. The van der Waals surface area contributed by atoms with Gasteiger partial charge in [0.05, 0.1) is 0 Å². The number of likely N-dealkylation sites (tertiary alicyclic amines) is 1. The van der Waals surface area contributed by atoms with Crippen molar-refractivity contribution in [1.29, 1.82) is 0 Å². The van der Waals surface area contributed by atoms with Crippen molar-refractivity contribution in [3.8, 4) is 5.75 Å². The highest BCUT2D eigenvalue weighted by Crippen LogP contribution is 2.25. The molecule has 0 aliphatic carbocycles. The zero-order chi connectivity index (χ0) is 14.7. The highest BCUT2D eigenvalue weighted by molar-refractivity contribution is 5.91. The number of nitrogens with zero attached hydrogens (tertiary/aromatic N) is 1. The van der Waals surface area contributed by atoms with Gasteiger partial charge < -0.3 is 14.7 Å². The monoisotopic (exact) mass is 277 g/mol. The molecule has 0 saturated carbocycles. The van der Waals surface area contributed by atoms with E-state index in [0.29, 0.717) is 5.56 Å². The highest BCUT2D eigenvalue weighted by Gasteiger charge is 2.26.